The fraction of sp³-hybridized carbons (Fsp3) is 0.333. The Morgan fingerprint density at radius 3 is 2.64 bits per heavy atom. The molecule has 1 amide bonds. The number of amides is 1. The number of rotatable bonds is 8. The molecule has 0 bridgehead atoms. The van der Waals surface area contributed by atoms with Crippen LogP contribution < -0.4 is 16.0 Å². The first-order valence-electron chi connectivity index (χ1n) is 8.23. The molecule has 0 spiro atoms. The first-order valence-corrected chi connectivity index (χ1v) is 8.61. The summed E-state index contributed by atoms with van der Waals surface area (Å²) in [6, 6.07) is 11.3. The van der Waals surface area contributed by atoms with Crippen molar-refractivity contribution in [3.05, 3.63) is 59.0 Å². The summed E-state index contributed by atoms with van der Waals surface area (Å²) in [5.41, 5.74) is 1.18. The van der Waals surface area contributed by atoms with Crippen molar-refractivity contribution in [1.82, 2.24) is 16.0 Å². The molecule has 1 heterocycles. The highest BCUT2D eigenvalue weighted by Gasteiger charge is 2.03. The van der Waals surface area contributed by atoms with Gasteiger partial charge in [-0.2, -0.15) is 0 Å². The van der Waals surface area contributed by atoms with E-state index in [4.69, 9.17) is 16.0 Å². The van der Waals surface area contributed by atoms with Crippen LogP contribution in [0.4, 0.5) is 0 Å². The van der Waals surface area contributed by atoms with Crippen molar-refractivity contribution in [2.24, 2.45) is 4.99 Å². The Morgan fingerprint density at radius 1 is 1.16 bits per heavy atom. The second-order valence-electron chi connectivity index (χ2n) is 5.35. The summed E-state index contributed by atoms with van der Waals surface area (Å²) in [4.78, 5) is 16.1. The molecule has 0 aliphatic heterocycles. The van der Waals surface area contributed by atoms with Crippen molar-refractivity contribution < 1.29 is 9.21 Å². The standard InChI is InChI=1S/C18H23ClN4O2/c1-2-20-18(21-10-9-14-5-7-15(19)8-6-14)23-13-17(24)22-12-16-4-3-11-25-16/h3-8,11H,2,9-10,12-13H2,1H3,(H,22,24)(H2,20,21,23). The lowest BCUT2D eigenvalue weighted by Gasteiger charge is -2.11. The molecule has 0 unspecified atom stereocenters. The van der Waals surface area contributed by atoms with Crippen LogP contribution in [0.3, 0.4) is 0 Å². The van der Waals surface area contributed by atoms with Gasteiger partial charge in [0.1, 0.15) is 12.3 Å². The zero-order valence-electron chi connectivity index (χ0n) is 14.2. The summed E-state index contributed by atoms with van der Waals surface area (Å²) in [6.45, 7) is 3.83. The molecule has 2 rings (SSSR count). The molecule has 3 N–H and O–H groups in total. The lowest BCUT2D eigenvalue weighted by Crippen LogP contribution is -2.39. The van der Waals surface area contributed by atoms with E-state index in [0.29, 0.717) is 24.8 Å². The van der Waals surface area contributed by atoms with Gasteiger partial charge in [0.2, 0.25) is 5.91 Å². The first kappa shape index (κ1) is 18.9. The van der Waals surface area contributed by atoms with E-state index in [-0.39, 0.29) is 12.5 Å². The lowest BCUT2D eigenvalue weighted by atomic mass is 10.1. The van der Waals surface area contributed by atoms with Crippen LogP contribution in [0.1, 0.15) is 18.2 Å². The third-order valence-corrected chi connectivity index (χ3v) is 3.64. The molecular weight excluding hydrogens is 340 g/mol. The molecule has 7 heteroatoms. The highest BCUT2D eigenvalue weighted by molar-refractivity contribution is 6.30. The summed E-state index contributed by atoms with van der Waals surface area (Å²) in [7, 11) is 0. The monoisotopic (exact) mass is 362 g/mol. The molecule has 2 aromatic rings. The van der Waals surface area contributed by atoms with Crippen molar-refractivity contribution in [3.63, 3.8) is 0 Å². The molecule has 25 heavy (non-hydrogen) atoms. The maximum absolute atomic E-state index is 11.8. The Morgan fingerprint density at radius 2 is 1.96 bits per heavy atom. The summed E-state index contributed by atoms with van der Waals surface area (Å²) in [5.74, 6) is 1.17. The lowest BCUT2D eigenvalue weighted by molar-refractivity contribution is -0.119. The molecule has 6 nitrogen and oxygen atoms in total. The van der Waals surface area contributed by atoms with Gasteiger partial charge in [0.25, 0.3) is 0 Å². The van der Waals surface area contributed by atoms with E-state index in [1.807, 2.05) is 37.3 Å². The molecule has 1 aromatic heterocycles. The average Bonchev–Trinajstić information content (AvgIpc) is 3.13. The molecule has 0 aliphatic carbocycles. The highest BCUT2D eigenvalue weighted by Crippen LogP contribution is 2.09. The minimum absolute atomic E-state index is 0.0526. The van der Waals surface area contributed by atoms with Gasteiger partial charge in [-0.05, 0) is 43.2 Å². The fourth-order valence-corrected chi connectivity index (χ4v) is 2.25. The van der Waals surface area contributed by atoms with Gasteiger partial charge in [-0.3, -0.25) is 4.79 Å². The Bertz CT molecular complexity index is 669. The number of furan rings is 1. The molecular formula is C18H23ClN4O2. The third kappa shape index (κ3) is 7.30. The summed E-state index contributed by atoms with van der Waals surface area (Å²) in [5, 5.41) is 9.83. The van der Waals surface area contributed by atoms with Gasteiger partial charge >= 0.3 is 0 Å². The summed E-state index contributed by atoms with van der Waals surface area (Å²) >= 11 is 5.88. The maximum atomic E-state index is 11.8. The maximum Gasteiger partial charge on any atom is 0.242 e. The van der Waals surface area contributed by atoms with Crippen LogP contribution in [0.15, 0.2) is 52.1 Å². The van der Waals surface area contributed by atoms with Crippen LogP contribution in [-0.2, 0) is 17.8 Å². The zero-order valence-corrected chi connectivity index (χ0v) is 15.0. The largest absolute Gasteiger partial charge is 0.467 e. The van der Waals surface area contributed by atoms with Gasteiger partial charge in [-0.25, -0.2) is 4.99 Å². The summed E-state index contributed by atoms with van der Waals surface area (Å²) < 4.78 is 5.17. The second-order valence-corrected chi connectivity index (χ2v) is 5.79. The highest BCUT2D eigenvalue weighted by atomic mass is 35.5. The number of nitrogens with zero attached hydrogens (tertiary/aromatic N) is 1. The van der Waals surface area contributed by atoms with Gasteiger partial charge in [-0.1, -0.05) is 23.7 Å². The van der Waals surface area contributed by atoms with Crippen LogP contribution in [-0.4, -0.2) is 31.5 Å². The SMILES string of the molecule is CCNC(=NCC(=O)NCc1ccco1)NCCc1ccc(Cl)cc1. The molecule has 0 saturated carbocycles. The van der Waals surface area contributed by atoms with Crippen LogP contribution >= 0.6 is 11.6 Å². The second kappa shape index (κ2) is 10.4. The average molecular weight is 363 g/mol. The van der Waals surface area contributed by atoms with Gasteiger partial charge in [0.15, 0.2) is 5.96 Å². The van der Waals surface area contributed by atoms with Gasteiger partial charge < -0.3 is 20.4 Å². The van der Waals surface area contributed by atoms with E-state index in [1.165, 1.54) is 5.56 Å². The van der Waals surface area contributed by atoms with E-state index in [1.54, 1.807) is 12.3 Å². The quantitative estimate of drug-likeness (QED) is 0.497. The Kier molecular flexibility index (Phi) is 7.85. The topological polar surface area (TPSA) is 78.7 Å². The number of carbonyl (C=O) groups excluding carboxylic acids is 1. The van der Waals surface area contributed by atoms with Crippen LogP contribution in [0, 0.1) is 0 Å². The normalized spacial score (nSPS) is 11.2. The van der Waals surface area contributed by atoms with Crippen LogP contribution in [0.25, 0.3) is 0 Å². The van der Waals surface area contributed by atoms with Crippen molar-refractivity contribution in [2.45, 2.75) is 19.9 Å². The number of nitrogens with one attached hydrogen (secondary N) is 3. The number of guanidine groups is 1. The van der Waals surface area contributed by atoms with E-state index in [0.717, 1.165) is 18.0 Å². The molecule has 0 atom stereocenters. The van der Waals surface area contributed by atoms with E-state index in [2.05, 4.69) is 20.9 Å². The van der Waals surface area contributed by atoms with Crippen LogP contribution in [0.5, 0.6) is 0 Å². The predicted octanol–water partition coefficient (Wildman–Crippen LogP) is 2.35. The fourth-order valence-electron chi connectivity index (χ4n) is 2.12. The van der Waals surface area contributed by atoms with E-state index >= 15 is 0 Å². The molecule has 0 saturated heterocycles. The number of benzene rings is 1. The molecule has 0 fully saturated rings. The van der Waals surface area contributed by atoms with E-state index < -0.39 is 0 Å². The minimum atomic E-state index is -0.161. The van der Waals surface area contributed by atoms with Crippen LogP contribution in [0.2, 0.25) is 5.02 Å². The Hall–Kier alpha value is -2.47. The molecule has 0 aliphatic rings. The van der Waals surface area contributed by atoms with Crippen molar-refractivity contribution in [1.29, 1.82) is 0 Å². The first-order chi connectivity index (χ1) is 12.2. The third-order valence-electron chi connectivity index (χ3n) is 3.38. The molecule has 1 aromatic carbocycles. The van der Waals surface area contributed by atoms with Gasteiger partial charge in [0, 0.05) is 18.1 Å². The number of hydrogen-bond acceptors (Lipinski definition) is 3. The number of carbonyl (C=O) groups is 1. The number of aliphatic imine (C=N–C) groups is 1. The number of hydrogen-bond donors (Lipinski definition) is 3. The molecule has 0 radical (unpaired) electrons. The predicted molar refractivity (Wildman–Crippen MR) is 99.7 cm³/mol. The van der Waals surface area contributed by atoms with Crippen molar-refractivity contribution in [3.8, 4) is 0 Å². The molecule has 134 valence electrons. The van der Waals surface area contributed by atoms with E-state index in [9.17, 15) is 4.79 Å². The zero-order chi connectivity index (χ0) is 17.9. The minimum Gasteiger partial charge on any atom is -0.467 e. The Balaban J connectivity index is 1.74. The van der Waals surface area contributed by atoms with Gasteiger partial charge in [-0.15, -0.1) is 0 Å². The Labute approximate surface area is 152 Å². The number of halogens is 1. The van der Waals surface area contributed by atoms with Crippen molar-refractivity contribution >= 4 is 23.5 Å². The summed E-state index contributed by atoms with van der Waals surface area (Å²) in [6.07, 6.45) is 2.42. The smallest absolute Gasteiger partial charge is 0.242 e. The van der Waals surface area contributed by atoms with Crippen molar-refractivity contribution in [2.75, 3.05) is 19.6 Å². The van der Waals surface area contributed by atoms with Gasteiger partial charge in [0.05, 0.1) is 12.8 Å².